The number of hydrogen-bond donors (Lipinski definition) is 2. The first kappa shape index (κ1) is 15.4. The molecule has 6 nitrogen and oxygen atoms in total. The molecule has 110 valence electrons. The van der Waals surface area contributed by atoms with Gasteiger partial charge in [0.2, 0.25) is 10.0 Å². The van der Waals surface area contributed by atoms with E-state index in [1.807, 2.05) is 13.8 Å². The summed E-state index contributed by atoms with van der Waals surface area (Å²) in [4.78, 5) is 0. The lowest BCUT2D eigenvalue weighted by Crippen LogP contribution is -2.31. The van der Waals surface area contributed by atoms with Crippen molar-refractivity contribution < 1.29 is 8.42 Å². The molecule has 0 aliphatic heterocycles. The van der Waals surface area contributed by atoms with Crippen molar-refractivity contribution in [2.24, 2.45) is 0 Å². The first-order chi connectivity index (χ1) is 9.39. The third-order valence-electron chi connectivity index (χ3n) is 2.56. The monoisotopic (exact) mass is 334 g/mol. The third kappa shape index (κ3) is 3.78. The maximum Gasteiger partial charge on any atom is 0.234 e. The van der Waals surface area contributed by atoms with Crippen LogP contribution in [-0.2, 0) is 10.0 Å². The van der Waals surface area contributed by atoms with Gasteiger partial charge in [-0.1, -0.05) is 25.4 Å². The first-order valence-corrected chi connectivity index (χ1v) is 8.80. The number of nitrogens with zero attached hydrogens (tertiary/aromatic N) is 2. The number of nitrogens with one attached hydrogen (secondary N) is 2. The van der Waals surface area contributed by atoms with Crippen molar-refractivity contribution in [2.75, 3.05) is 17.0 Å². The highest BCUT2D eigenvalue weighted by atomic mass is 35.5. The Balaban J connectivity index is 2.18. The lowest BCUT2D eigenvalue weighted by Gasteiger charge is -2.11. The number of rotatable bonds is 6. The van der Waals surface area contributed by atoms with Crippen LogP contribution in [0.2, 0.25) is 5.02 Å². The summed E-state index contributed by atoms with van der Waals surface area (Å²) >= 11 is 7.06. The molecule has 0 radical (unpaired) electrons. The van der Waals surface area contributed by atoms with Crippen molar-refractivity contribution in [2.45, 2.75) is 19.9 Å². The largest absolute Gasteiger partial charge is 0.313 e. The van der Waals surface area contributed by atoms with Gasteiger partial charge in [-0.25, -0.2) is 8.42 Å². The standard InChI is InChI=1S/C11H15ClN4O2S2/c1-7(2)13-5-6-20(17,18)16-10-8(12)3-4-9-11(10)15-19-14-9/h3-4,7,13,16H,5-6H2,1-2H3. The minimum absolute atomic E-state index is 0.0323. The number of anilines is 1. The van der Waals surface area contributed by atoms with Crippen molar-refractivity contribution in [1.29, 1.82) is 0 Å². The van der Waals surface area contributed by atoms with Gasteiger partial charge in [0, 0.05) is 12.6 Å². The molecule has 0 spiro atoms. The van der Waals surface area contributed by atoms with Gasteiger partial charge >= 0.3 is 0 Å². The molecule has 9 heteroatoms. The Kier molecular flexibility index (Phi) is 4.79. The fourth-order valence-corrected chi connectivity index (χ4v) is 3.42. The van der Waals surface area contributed by atoms with E-state index in [0.717, 1.165) is 11.7 Å². The number of fused-ring (bicyclic) bond motifs is 1. The van der Waals surface area contributed by atoms with Crippen molar-refractivity contribution in [3.8, 4) is 0 Å². The molecule has 1 aromatic heterocycles. The Labute approximate surface area is 126 Å². The van der Waals surface area contributed by atoms with Crippen LogP contribution >= 0.6 is 23.3 Å². The first-order valence-electron chi connectivity index (χ1n) is 6.04. The van der Waals surface area contributed by atoms with Gasteiger partial charge in [0.25, 0.3) is 0 Å². The van der Waals surface area contributed by atoms with E-state index in [2.05, 4.69) is 18.8 Å². The van der Waals surface area contributed by atoms with Crippen LogP contribution in [0.3, 0.4) is 0 Å². The molecule has 0 aliphatic rings. The highest BCUT2D eigenvalue weighted by Crippen LogP contribution is 2.30. The number of hydrogen-bond acceptors (Lipinski definition) is 6. The van der Waals surface area contributed by atoms with Crippen molar-refractivity contribution in [3.63, 3.8) is 0 Å². The second-order valence-corrected chi connectivity index (χ2v) is 7.36. The summed E-state index contributed by atoms with van der Waals surface area (Å²) in [5.41, 5.74) is 1.39. The van der Waals surface area contributed by atoms with Crippen LogP contribution < -0.4 is 10.0 Å². The molecule has 0 saturated heterocycles. The molecule has 2 aromatic rings. The molecular formula is C11H15ClN4O2S2. The van der Waals surface area contributed by atoms with Gasteiger partial charge in [0.05, 0.1) is 28.2 Å². The number of sulfonamides is 1. The Hall–Kier alpha value is -0.960. The highest BCUT2D eigenvalue weighted by molar-refractivity contribution is 7.92. The predicted molar refractivity (Wildman–Crippen MR) is 83.0 cm³/mol. The summed E-state index contributed by atoms with van der Waals surface area (Å²) in [6, 6.07) is 3.55. The normalized spacial score (nSPS) is 12.2. The van der Waals surface area contributed by atoms with Gasteiger partial charge in [-0.2, -0.15) is 8.75 Å². The van der Waals surface area contributed by atoms with Crippen molar-refractivity contribution in [3.05, 3.63) is 17.2 Å². The summed E-state index contributed by atoms with van der Waals surface area (Å²) < 4.78 is 34.7. The summed E-state index contributed by atoms with van der Waals surface area (Å²) in [7, 11) is -3.48. The van der Waals surface area contributed by atoms with Crippen LogP contribution in [0, 0.1) is 0 Å². The summed E-state index contributed by atoms with van der Waals surface area (Å²) in [5.74, 6) is -0.0323. The molecule has 1 heterocycles. The van der Waals surface area contributed by atoms with E-state index in [0.29, 0.717) is 28.3 Å². The quantitative estimate of drug-likeness (QED) is 0.845. The van der Waals surface area contributed by atoms with Crippen molar-refractivity contribution >= 4 is 50.1 Å². The van der Waals surface area contributed by atoms with Gasteiger partial charge in [0.1, 0.15) is 11.0 Å². The molecule has 2 rings (SSSR count). The fraction of sp³-hybridized carbons (Fsp3) is 0.455. The zero-order valence-electron chi connectivity index (χ0n) is 11.1. The van der Waals surface area contributed by atoms with E-state index in [1.165, 1.54) is 0 Å². The van der Waals surface area contributed by atoms with Gasteiger partial charge in [-0.3, -0.25) is 4.72 Å². The molecule has 0 unspecified atom stereocenters. The summed E-state index contributed by atoms with van der Waals surface area (Å²) in [5, 5.41) is 3.37. The summed E-state index contributed by atoms with van der Waals surface area (Å²) in [6.07, 6.45) is 0. The van der Waals surface area contributed by atoms with Gasteiger partial charge in [0.15, 0.2) is 0 Å². The SMILES string of the molecule is CC(C)NCCS(=O)(=O)Nc1c(Cl)ccc2nsnc12. The minimum atomic E-state index is -3.48. The second kappa shape index (κ2) is 6.21. The number of aromatic nitrogens is 2. The maximum atomic E-state index is 12.0. The van der Waals surface area contributed by atoms with Gasteiger partial charge < -0.3 is 5.32 Å². The average Bonchev–Trinajstić information content (AvgIpc) is 2.80. The second-order valence-electron chi connectivity index (χ2n) is 4.58. The number of halogens is 1. The van der Waals surface area contributed by atoms with Gasteiger partial charge in [-0.05, 0) is 12.1 Å². The molecule has 0 atom stereocenters. The van der Waals surface area contributed by atoms with E-state index in [1.54, 1.807) is 12.1 Å². The average molecular weight is 335 g/mol. The molecule has 0 aliphatic carbocycles. The van der Waals surface area contributed by atoms with Gasteiger partial charge in [-0.15, -0.1) is 0 Å². The molecule has 0 fully saturated rings. The number of benzene rings is 1. The van der Waals surface area contributed by atoms with Crippen molar-refractivity contribution in [1.82, 2.24) is 14.1 Å². The lowest BCUT2D eigenvalue weighted by molar-refractivity contribution is 0.582. The maximum absolute atomic E-state index is 12.0. The van der Waals surface area contributed by atoms with E-state index in [-0.39, 0.29) is 11.8 Å². The Bertz CT molecular complexity index is 700. The van der Waals surface area contributed by atoms with E-state index in [4.69, 9.17) is 11.6 Å². The Morgan fingerprint density at radius 1 is 1.35 bits per heavy atom. The predicted octanol–water partition coefficient (Wildman–Crippen LogP) is 2.08. The van der Waals surface area contributed by atoms with Crippen LogP contribution in [0.5, 0.6) is 0 Å². The fourth-order valence-electron chi connectivity index (χ4n) is 1.61. The molecule has 1 aromatic carbocycles. The van der Waals surface area contributed by atoms with E-state index < -0.39 is 10.0 Å². The minimum Gasteiger partial charge on any atom is -0.313 e. The zero-order valence-corrected chi connectivity index (χ0v) is 13.4. The molecule has 0 saturated carbocycles. The van der Waals surface area contributed by atoms with Crippen LogP contribution in [0.4, 0.5) is 5.69 Å². The topological polar surface area (TPSA) is 84.0 Å². The van der Waals surface area contributed by atoms with Crippen LogP contribution in [0.15, 0.2) is 12.1 Å². The molecule has 0 bridgehead atoms. The molecule has 2 N–H and O–H groups in total. The van der Waals surface area contributed by atoms with Crippen LogP contribution in [-0.4, -0.2) is 35.5 Å². The highest BCUT2D eigenvalue weighted by Gasteiger charge is 2.17. The van der Waals surface area contributed by atoms with Crippen LogP contribution in [0.1, 0.15) is 13.8 Å². The third-order valence-corrected chi connectivity index (χ3v) is 4.67. The molecular weight excluding hydrogens is 320 g/mol. The Morgan fingerprint density at radius 3 is 2.80 bits per heavy atom. The summed E-state index contributed by atoms with van der Waals surface area (Å²) in [6.45, 7) is 4.28. The van der Waals surface area contributed by atoms with Crippen LogP contribution in [0.25, 0.3) is 11.0 Å². The Morgan fingerprint density at radius 2 is 2.10 bits per heavy atom. The lowest BCUT2D eigenvalue weighted by atomic mass is 10.3. The molecule has 0 amide bonds. The smallest absolute Gasteiger partial charge is 0.234 e. The molecule has 20 heavy (non-hydrogen) atoms. The van der Waals surface area contributed by atoms with E-state index >= 15 is 0 Å². The zero-order chi connectivity index (χ0) is 14.8. The van der Waals surface area contributed by atoms with E-state index in [9.17, 15) is 8.42 Å².